The molecular formula is C14H13BrN2O2. The minimum Gasteiger partial charge on any atom is -0.293 e. The number of hydrogen-bond donors (Lipinski definition) is 0. The Morgan fingerprint density at radius 2 is 1.89 bits per heavy atom. The Labute approximate surface area is 118 Å². The van der Waals surface area contributed by atoms with E-state index < -0.39 is 0 Å². The molecule has 0 amide bonds. The third-order valence-corrected chi connectivity index (χ3v) is 3.77. The SMILES string of the molecule is C=CCn1c(C)c(Br)c(=O)n(-c2ccccc2)c1=O. The summed E-state index contributed by atoms with van der Waals surface area (Å²) >= 11 is 3.25. The Bertz CT molecular complexity index is 730. The quantitative estimate of drug-likeness (QED) is 0.814. The van der Waals surface area contributed by atoms with Crippen LogP contribution in [0.15, 0.2) is 57.0 Å². The molecule has 0 bridgehead atoms. The lowest BCUT2D eigenvalue weighted by molar-refractivity contribution is 0.664. The number of aromatic nitrogens is 2. The summed E-state index contributed by atoms with van der Waals surface area (Å²) in [5.41, 5.74) is 0.434. The van der Waals surface area contributed by atoms with Gasteiger partial charge in [0.1, 0.15) is 4.47 Å². The van der Waals surface area contributed by atoms with Gasteiger partial charge in [-0.2, -0.15) is 0 Å². The zero-order valence-corrected chi connectivity index (χ0v) is 12.1. The fourth-order valence-electron chi connectivity index (χ4n) is 1.87. The number of benzene rings is 1. The Kier molecular flexibility index (Phi) is 3.85. The lowest BCUT2D eigenvalue weighted by Crippen LogP contribution is -2.40. The van der Waals surface area contributed by atoms with E-state index in [1.807, 2.05) is 6.07 Å². The predicted octanol–water partition coefficient (Wildman–Crippen LogP) is 2.26. The van der Waals surface area contributed by atoms with Gasteiger partial charge in [0.2, 0.25) is 0 Å². The van der Waals surface area contributed by atoms with E-state index >= 15 is 0 Å². The number of rotatable bonds is 3. The standard InChI is InChI=1S/C14H13BrN2O2/c1-3-9-16-10(2)12(15)13(18)17(14(16)19)11-7-5-4-6-8-11/h3-8H,1,9H2,2H3. The molecule has 0 spiro atoms. The molecule has 0 aliphatic rings. The molecule has 1 aromatic carbocycles. The van der Waals surface area contributed by atoms with E-state index in [2.05, 4.69) is 22.5 Å². The first-order valence-corrected chi connectivity index (χ1v) is 6.55. The van der Waals surface area contributed by atoms with E-state index in [1.165, 1.54) is 4.57 Å². The van der Waals surface area contributed by atoms with Gasteiger partial charge in [0, 0.05) is 12.2 Å². The lowest BCUT2D eigenvalue weighted by Gasteiger charge is -2.13. The largest absolute Gasteiger partial charge is 0.336 e. The van der Waals surface area contributed by atoms with Crippen molar-refractivity contribution in [1.29, 1.82) is 0 Å². The fourth-order valence-corrected chi connectivity index (χ4v) is 2.26. The van der Waals surface area contributed by atoms with Crippen LogP contribution in [0.1, 0.15) is 5.69 Å². The second kappa shape index (κ2) is 5.40. The fraction of sp³-hybridized carbons (Fsp3) is 0.143. The molecule has 2 rings (SSSR count). The molecule has 1 aromatic heterocycles. The van der Waals surface area contributed by atoms with Crippen LogP contribution in [0, 0.1) is 6.92 Å². The van der Waals surface area contributed by atoms with Gasteiger partial charge >= 0.3 is 5.69 Å². The molecule has 0 N–H and O–H groups in total. The van der Waals surface area contributed by atoms with Gasteiger partial charge in [-0.05, 0) is 35.0 Å². The van der Waals surface area contributed by atoms with Crippen molar-refractivity contribution in [3.63, 3.8) is 0 Å². The summed E-state index contributed by atoms with van der Waals surface area (Å²) in [6, 6.07) is 8.85. The first kappa shape index (κ1) is 13.5. The van der Waals surface area contributed by atoms with Crippen LogP contribution >= 0.6 is 15.9 Å². The van der Waals surface area contributed by atoms with E-state index in [9.17, 15) is 9.59 Å². The van der Waals surface area contributed by atoms with Gasteiger partial charge < -0.3 is 0 Å². The van der Waals surface area contributed by atoms with Crippen molar-refractivity contribution >= 4 is 15.9 Å². The normalized spacial score (nSPS) is 10.4. The van der Waals surface area contributed by atoms with Crippen molar-refractivity contribution in [3.05, 3.63) is 74.0 Å². The van der Waals surface area contributed by atoms with E-state index in [0.717, 1.165) is 4.57 Å². The zero-order chi connectivity index (χ0) is 14.0. The van der Waals surface area contributed by atoms with Crippen LogP contribution in [0.4, 0.5) is 0 Å². The molecule has 1 heterocycles. The van der Waals surface area contributed by atoms with Crippen LogP contribution in [0.3, 0.4) is 0 Å². The molecule has 0 atom stereocenters. The number of nitrogens with zero attached hydrogens (tertiary/aromatic N) is 2. The van der Waals surface area contributed by atoms with Crippen molar-refractivity contribution in [3.8, 4) is 5.69 Å². The molecule has 5 heteroatoms. The van der Waals surface area contributed by atoms with E-state index in [1.54, 1.807) is 37.3 Å². The third-order valence-electron chi connectivity index (χ3n) is 2.86. The molecular weight excluding hydrogens is 308 g/mol. The highest BCUT2D eigenvalue weighted by Gasteiger charge is 2.14. The van der Waals surface area contributed by atoms with Crippen LogP contribution in [-0.4, -0.2) is 9.13 Å². The molecule has 0 saturated heterocycles. The van der Waals surface area contributed by atoms with Crippen LogP contribution in [0.5, 0.6) is 0 Å². The van der Waals surface area contributed by atoms with E-state index in [-0.39, 0.29) is 11.2 Å². The highest BCUT2D eigenvalue weighted by molar-refractivity contribution is 9.10. The van der Waals surface area contributed by atoms with Gasteiger partial charge in [-0.15, -0.1) is 6.58 Å². The molecule has 4 nitrogen and oxygen atoms in total. The zero-order valence-electron chi connectivity index (χ0n) is 10.5. The first-order chi connectivity index (χ1) is 9.07. The molecule has 0 aliphatic heterocycles. The Morgan fingerprint density at radius 3 is 2.47 bits per heavy atom. The molecule has 0 unspecified atom stereocenters. The van der Waals surface area contributed by atoms with Gasteiger partial charge in [-0.25, -0.2) is 9.36 Å². The summed E-state index contributed by atoms with van der Waals surface area (Å²) < 4.78 is 3.05. The maximum Gasteiger partial charge on any atom is 0.336 e. The average molecular weight is 321 g/mol. The summed E-state index contributed by atoms with van der Waals surface area (Å²) in [4.78, 5) is 24.7. The van der Waals surface area contributed by atoms with Crippen molar-refractivity contribution in [2.75, 3.05) is 0 Å². The highest BCUT2D eigenvalue weighted by atomic mass is 79.9. The Balaban J connectivity index is 2.86. The summed E-state index contributed by atoms with van der Waals surface area (Å²) in [6.45, 7) is 5.72. The molecule has 0 fully saturated rings. The molecule has 0 radical (unpaired) electrons. The van der Waals surface area contributed by atoms with Crippen LogP contribution in [0.2, 0.25) is 0 Å². The topological polar surface area (TPSA) is 44.0 Å². The maximum absolute atomic E-state index is 12.4. The summed E-state index contributed by atoms with van der Waals surface area (Å²) in [7, 11) is 0. The van der Waals surface area contributed by atoms with Gasteiger partial charge in [-0.1, -0.05) is 24.3 Å². The molecule has 0 saturated carbocycles. The number of halogens is 1. The second-order valence-corrected chi connectivity index (χ2v) is 4.85. The van der Waals surface area contributed by atoms with Gasteiger partial charge in [-0.3, -0.25) is 9.36 Å². The molecule has 2 aromatic rings. The van der Waals surface area contributed by atoms with Gasteiger partial charge in [0.15, 0.2) is 0 Å². The molecule has 19 heavy (non-hydrogen) atoms. The maximum atomic E-state index is 12.4. The van der Waals surface area contributed by atoms with Crippen LogP contribution in [-0.2, 0) is 6.54 Å². The van der Waals surface area contributed by atoms with Crippen molar-refractivity contribution in [1.82, 2.24) is 9.13 Å². The number of allylic oxidation sites excluding steroid dienone is 1. The van der Waals surface area contributed by atoms with Crippen molar-refractivity contribution < 1.29 is 0 Å². The van der Waals surface area contributed by atoms with Crippen molar-refractivity contribution in [2.24, 2.45) is 0 Å². The summed E-state index contributed by atoms with van der Waals surface area (Å²) in [5, 5.41) is 0. The number of para-hydroxylation sites is 1. The van der Waals surface area contributed by atoms with Crippen molar-refractivity contribution in [2.45, 2.75) is 13.5 Å². The summed E-state index contributed by atoms with van der Waals surface area (Å²) in [6.07, 6.45) is 1.63. The Morgan fingerprint density at radius 1 is 1.26 bits per heavy atom. The lowest BCUT2D eigenvalue weighted by atomic mass is 10.3. The van der Waals surface area contributed by atoms with E-state index in [0.29, 0.717) is 22.4 Å². The smallest absolute Gasteiger partial charge is 0.293 e. The minimum absolute atomic E-state index is 0.353. The first-order valence-electron chi connectivity index (χ1n) is 5.76. The molecule has 0 aliphatic carbocycles. The predicted molar refractivity (Wildman–Crippen MR) is 78.9 cm³/mol. The monoisotopic (exact) mass is 320 g/mol. The van der Waals surface area contributed by atoms with E-state index in [4.69, 9.17) is 0 Å². The van der Waals surface area contributed by atoms with Gasteiger partial charge in [0.05, 0.1) is 5.69 Å². The van der Waals surface area contributed by atoms with Crippen LogP contribution < -0.4 is 11.2 Å². The summed E-state index contributed by atoms with van der Waals surface area (Å²) in [5.74, 6) is 0. The molecule has 98 valence electrons. The highest BCUT2D eigenvalue weighted by Crippen LogP contribution is 2.10. The second-order valence-electron chi connectivity index (χ2n) is 4.06. The Hall–Kier alpha value is -1.88. The van der Waals surface area contributed by atoms with Crippen LogP contribution in [0.25, 0.3) is 5.69 Å². The minimum atomic E-state index is -0.364. The van der Waals surface area contributed by atoms with Gasteiger partial charge in [0.25, 0.3) is 5.56 Å². The number of hydrogen-bond acceptors (Lipinski definition) is 2. The third kappa shape index (κ3) is 2.33. The average Bonchev–Trinajstić information content (AvgIpc) is 2.43.